The number of para-hydroxylation sites is 2. The molecule has 0 aliphatic heterocycles. The smallest absolute Gasteiger partial charge is 0.209 e. The molecule has 0 amide bonds. The lowest BCUT2D eigenvalue weighted by atomic mass is 10.2. The Labute approximate surface area is 165 Å². The first kappa shape index (κ1) is 17.8. The lowest BCUT2D eigenvalue weighted by Gasteiger charge is -2.04. The van der Waals surface area contributed by atoms with Crippen molar-refractivity contribution in [2.75, 3.05) is 5.75 Å². The Bertz CT molecular complexity index is 1200. The van der Waals surface area contributed by atoms with E-state index in [-0.39, 0.29) is 17.1 Å². The van der Waals surface area contributed by atoms with Crippen LogP contribution in [0.2, 0.25) is 0 Å². The summed E-state index contributed by atoms with van der Waals surface area (Å²) in [7, 11) is 1.82. The Morgan fingerprint density at radius 1 is 1.14 bits per heavy atom. The molecule has 0 atom stereocenters. The number of benzene rings is 2. The third-order valence-corrected chi connectivity index (χ3v) is 5.12. The maximum absolute atomic E-state index is 10.5. The Kier molecular flexibility index (Phi) is 4.83. The molecular weight excluding hydrogens is 372 g/mol. The molecule has 0 radical (unpaired) electrons. The first-order valence-electron chi connectivity index (χ1n) is 8.52. The van der Waals surface area contributed by atoms with Crippen molar-refractivity contribution in [3.8, 4) is 17.5 Å². The zero-order valence-electron chi connectivity index (χ0n) is 15.0. The molecular formula is C20H16N6OS. The third kappa shape index (κ3) is 3.35. The summed E-state index contributed by atoms with van der Waals surface area (Å²) in [5.74, 6) is 1.19. The highest BCUT2D eigenvalue weighted by Crippen LogP contribution is 2.25. The summed E-state index contributed by atoms with van der Waals surface area (Å²) >= 11 is 1.25. The van der Waals surface area contributed by atoms with Gasteiger partial charge < -0.3 is 9.67 Å². The second-order valence-electron chi connectivity index (χ2n) is 6.04. The number of hydrogen-bond donors (Lipinski definition) is 2. The minimum absolute atomic E-state index is 0.0584. The topological polar surface area (TPSA) is 103 Å². The van der Waals surface area contributed by atoms with Gasteiger partial charge in [-0.1, -0.05) is 54.2 Å². The number of aliphatic hydroxyl groups is 1. The van der Waals surface area contributed by atoms with Crippen molar-refractivity contribution in [2.24, 2.45) is 7.05 Å². The maximum Gasteiger partial charge on any atom is 0.209 e. The summed E-state index contributed by atoms with van der Waals surface area (Å²) < 4.78 is 1.80. The van der Waals surface area contributed by atoms with Crippen LogP contribution in [0.4, 0.5) is 0 Å². The summed E-state index contributed by atoms with van der Waals surface area (Å²) in [5, 5.41) is 27.6. The summed E-state index contributed by atoms with van der Waals surface area (Å²) in [4.78, 5) is 8.90. The molecule has 0 bridgehead atoms. The first-order valence-corrected chi connectivity index (χ1v) is 9.50. The minimum Gasteiger partial charge on any atom is -0.510 e. The molecule has 4 aromatic rings. The van der Waals surface area contributed by atoms with E-state index in [2.05, 4.69) is 26.2 Å². The van der Waals surface area contributed by atoms with Crippen LogP contribution in [0.5, 0.6) is 0 Å². The van der Waals surface area contributed by atoms with Gasteiger partial charge in [0.25, 0.3) is 0 Å². The van der Waals surface area contributed by atoms with Crippen molar-refractivity contribution in [1.82, 2.24) is 24.7 Å². The molecule has 0 spiro atoms. The van der Waals surface area contributed by atoms with Crippen LogP contribution in [0.3, 0.4) is 0 Å². The Hall–Kier alpha value is -3.57. The lowest BCUT2D eigenvalue weighted by molar-refractivity contribution is 0.420. The van der Waals surface area contributed by atoms with Crippen LogP contribution in [0.1, 0.15) is 5.82 Å². The minimum atomic E-state index is -0.0584. The normalized spacial score (nSPS) is 12.0. The number of allylic oxidation sites excluding steroid dienone is 1. The van der Waals surface area contributed by atoms with E-state index in [1.54, 1.807) is 4.57 Å². The quantitative estimate of drug-likeness (QED) is 0.305. The average molecular weight is 388 g/mol. The molecule has 28 heavy (non-hydrogen) atoms. The molecule has 0 fully saturated rings. The summed E-state index contributed by atoms with van der Waals surface area (Å²) in [6.45, 7) is 0. The SMILES string of the molecule is Cn1c(/C(C#N)=C(\O)CSc2n[nH]c(-c3ccccc3)n2)nc2ccccc21. The molecule has 2 aromatic heterocycles. The highest BCUT2D eigenvalue weighted by Gasteiger charge is 2.17. The summed E-state index contributed by atoms with van der Waals surface area (Å²) in [5.41, 5.74) is 2.74. The van der Waals surface area contributed by atoms with Crippen molar-refractivity contribution in [3.05, 3.63) is 66.2 Å². The van der Waals surface area contributed by atoms with Gasteiger partial charge in [0.05, 0.1) is 16.8 Å². The Morgan fingerprint density at radius 2 is 1.89 bits per heavy atom. The number of thioether (sulfide) groups is 1. The van der Waals surface area contributed by atoms with Crippen LogP contribution in [-0.4, -0.2) is 35.6 Å². The summed E-state index contributed by atoms with van der Waals surface area (Å²) in [6, 6.07) is 19.3. The largest absolute Gasteiger partial charge is 0.510 e. The standard InChI is InChI=1S/C20H16N6OS/c1-26-16-10-6-5-9-15(16)22-19(26)14(11-21)17(27)12-28-20-23-18(24-25-20)13-7-3-2-4-8-13/h2-10,27H,12H2,1H3,(H,23,24,25)/b17-14-. The van der Waals surface area contributed by atoms with Gasteiger partial charge in [0, 0.05) is 12.6 Å². The van der Waals surface area contributed by atoms with E-state index < -0.39 is 0 Å². The number of nitrogens with zero attached hydrogens (tertiary/aromatic N) is 5. The molecule has 2 aromatic carbocycles. The molecule has 0 aliphatic rings. The van der Waals surface area contributed by atoms with E-state index in [1.807, 2.05) is 61.6 Å². The van der Waals surface area contributed by atoms with Crippen molar-refractivity contribution in [2.45, 2.75) is 5.16 Å². The predicted molar refractivity (Wildman–Crippen MR) is 108 cm³/mol. The molecule has 0 aliphatic carbocycles. The van der Waals surface area contributed by atoms with E-state index in [4.69, 9.17) is 0 Å². The van der Waals surface area contributed by atoms with E-state index >= 15 is 0 Å². The number of imidazole rings is 1. The molecule has 0 saturated carbocycles. The van der Waals surface area contributed by atoms with Crippen LogP contribution in [0.25, 0.3) is 28.0 Å². The first-order chi connectivity index (χ1) is 13.7. The zero-order chi connectivity index (χ0) is 19.5. The van der Waals surface area contributed by atoms with Crippen molar-refractivity contribution < 1.29 is 5.11 Å². The Balaban J connectivity index is 1.56. The van der Waals surface area contributed by atoms with Crippen LogP contribution < -0.4 is 0 Å². The summed E-state index contributed by atoms with van der Waals surface area (Å²) in [6.07, 6.45) is 0. The molecule has 2 heterocycles. The molecule has 8 heteroatoms. The zero-order valence-corrected chi connectivity index (χ0v) is 15.8. The molecule has 7 nitrogen and oxygen atoms in total. The van der Waals surface area contributed by atoms with Crippen molar-refractivity contribution >= 4 is 28.4 Å². The number of aromatic nitrogens is 5. The third-order valence-electron chi connectivity index (χ3n) is 4.26. The maximum atomic E-state index is 10.5. The highest BCUT2D eigenvalue weighted by atomic mass is 32.2. The molecule has 4 rings (SSSR count). The lowest BCUT2D eigenvalue weighted by Crippen LogP contribution is -2.01. The van der Waals surface area contributed by atoms with Gasteiger partial charge in [0.2, 0.25) is 5.16 Å². The number of rotatable bonds is 5. The Morgan fingerprint density at radius 3 is 2.64 bits per heavy atom. The number of hydrogen-bond acceptors (Lipinski definition) is 6. The molecule has 0 unspecified atom stereocenters. The second-order valence-corrected chi connectivity index (χ2v) is 6.98. The van der Waals surface area contributed by atoms with Gasteiger partial charge in [-0.2, -0.15) is 5.26 Å². The number of H-pyrrole nitrogens is 1. The number of nitriles is 1. The molecule has 138 valence electrons. The number of fused-ring (bicyclic) bond motifs is 1. The second kappa shape index (κ2) is 7.58. The van der Waals surface area contributed by atoms with Gasteiger partial charge in [0.15, 0.2) is 11.6 Å². The fourth-order valence-corrected chi connectivity index (χ4v) is 3.53. The van der Waals surface area contributed by atoms with E-state index in [0.717, 1.165) is 16.6 Å². The fraction of sp³-hybridized carbons (Fsp3) is 0.100. The van der Waals surface area contributed by atoms with Gasteiger partial charge in [0.1, 0.15) is 17.4 Å². The van der Waals surface area contributed by atoms with Gasteiger partial charge in [-0.05, 0) is 12.1 Å². The van der Waals surface area contributed by atoms with Crippen LogP contribution >= 0.6 is 11.8 Å². The highest BCUT2D eigenvalue weighted by molar-refractivity contribution is 7.99. The van der Waals surface area contributed by atoms with Crippen molar-refractivity contribution in [1.29, 1.82) is 5.26 Å². The predicted octanol–water partition coefficient (Wildman–Crippen LogP) is 3.94. The number of aromatic amines is 1. The number of aryl methyl sites for hydroxylation is 1. The fourth-order valence-electron chi connectivity index (χ4n) is 2.85. The van der Waals surface area contributed by atoms with E-state index in [0.29, 0.717) is 16.8 Å². The number of nitrogens with one attached hydrogen (secondary N) is 1. The van der Waals surface area contributed by atoms with Gasteiger partial charge in [-0.25, -0.2) is 9.97 Å². The van der Waals surface area contributed by atoms with Gasteiger partial charge in [-0.3, -0.25) is 5.10 Å². The van der Waals surface area contributed by atoms with Crippen LogP contribution in [-0.2, 0) is 7.05 Å². The van der Waals surface area contributed by atoms with E-state index in [1.165, 1.54) is 11.8 Å². The van der Waals surface area contributed by atoms with Gasteiger partial charge >= 0.3 is 0 Å². The molecule has 2 N–H and O–H groups in total. The van der Waals surface area contributed by atoms with Crippen molar-refractivity contribution in [3.63, 3.8) is 0 Å². The van der Waals surface area contributed by atoms with Crippen LogP contribution in [0, 0.1) is 11.3 Å². The molecule has 0 saturated heterocycles. The van der Waals surface area contributed by atoms with Gasteiger partial charge in [-0.15, -0.1) is 5.10 Å². The van der Waals surface area contributed by atoms with E-state index in [9.17, 15) is 10.4 Å². The number of aliphatic hydroxyl groups excluding tert-OH is 1. The van der Waals surface area contributed by atoms with Crippen LogP contribution in [0.15, 0.2) is 65.5 Å². The monoisotopic (exact) mass is 388 g/mol. The average Bonchev–Trinajstić information content (AvgIpc) is 3.33.